The van der Waals surface area contributed by atoms with Gasteiger partial charge in [-0.3, -0.25) is 4.79 Å². The van der Waals surface area contributed by atoms with Gasteiger partial charge in [-0.15, -0.1) is 0 Å². The van der Waals surface area contributed by atoms with E-state index >= 15 is 0 Å². The van der Waals surface area contributed by atoms with Gasteiger partial charge in [-0.25, -0.2) is 8.42 Å². The van der Waals surface area contributed by atoms with Crippen molar-refractivity contribution >= 4 is 25.6 Å². The molecule has 2 rings (SSSR count). The summed E-state index contributed by atoms with van der Waals surface area (Å²) in [6.45, 7) is 4.63. The lowest BCUT2D eigenvalue weighted by Crippen LogP contribution is -2.45. The summed E-state index contributed by atoms with van der Waals surface area (Å²) >= 11 is 0. The van der Waals surface area contributed by atoms with E-state index in [0.29, 0.717) is 11.8 Å². The molecule has 4 nitrogen and oxygen atoms in total. The van der Waals surface area contributed by atoms with Crippen LogP contribution in [0.1, 0.15) is 39.5 Å². The van der Waals surface area contributed by atoms with E-state index < -0.39 is 14.3 Å². The number of carbonyl (C=O) groups excluding carboxylic acids is 1. The van der Waals surface area contributed by atoms with Crippen molar-refractivity contribution in [2.75, 3.05) is 6.54 Å². The van der Waals surface area contributed by atoms with Gasteiger partial charge in [-0.05, 0) is 18.3 Å². The minimum atomic E-state index is -3.63. The van der Waals surface area contributed by atoms with Crippen LogP contribution in [0.5, 0.6) is 0 Å². The van der Waals surface area contributed by atoms with Gasteiger partial charge < -0.3 is 4.90 Å². The van der Waals surface area contributed by atoms with Gasteiger partial charge in [0.2, 0.25) is 15.0 Å². The number of carbonyl (C=O) groups is 1. The maximum absolute atomic E-state index is 12.0. The second-order valence-electron chi connectivity index (χ2n) is 5.68. The largest absolute Gasteiger partial charge is 0.338 e. The topological polar surface area (TPSA) is 54.5 Å². The van der Waals surface area contributed by atoms with Crippen molar-refractivity contribution < 1.29 is 13.2 Å². The quantitative estimate of drug-likeness (QED) is 0.732. The Bertz CT molecular complexity index is 437. The van der Waals surface area contributed by atoms with Crippen LogP contribution >= 0.6 is 10.7 Å². The van der Waals surface area contributed by atoms with Crippen molar-refractivity contribution in [3.63, 3.8) is 0 Å². The molecule has 6 heteroatoms. The van der Waals surface area contributed by atoms with Crippen molar-refractivity contribution in [2.24, 2.45) is 11.8 Å². The van der Waals surface area contributed by atoms with E-state index in [9.17, 15) is 13.2 Å². The second-order valence-corrected chi connectivity index (χ2v) is 8.59. The lowest BCUT2D eigenvalue weighted by atomic mass is 9.77. The van der Waals surface area contributed by atoms with Gasteiger partial charge in [-0.1, -0.05) is 26.7 Å². The molecule has 1 heterocycles. The molecule has 18 heavy (non-hydrogen) atoms. The first-order valence-corrected chi connectivity index (χ1v) is 8.91. The van der Waals surface area contributed by atoms with E-state index in [1.807, 2.05) is 0 Å². The highest BCUT2D eigenvalue weighted by molar-refractivity contribution is 8.14. The first kappa shape index (κ1) is 14.1. The molecular formula is C12H20ClNO3S. The first-order valence-electron chi connectivity index (χ1n) is 6.53. The Balaban J connectivity index is 2.12. The monoisotopic (exact) mass is 293 g/mol. The first-order chi connectivity index (χ1) is 8.30. The molecule has 1 aliphatic heterocycles. The zero-order chi connectivity index (χ0) is 13.5. The van der Waals surface area contributed by atoms with Gasteiger partial charge in [0.15, 0.2) is 0 Å². The molecule has 1 saturated carbocycles. The summed E-state index contributed by atoms with van der Waals surface area (Å²) in [5.41, 5.74) is 0. The Morgan fingerprint density at radius 3 is 2.50 bits per heavy atom. The average molecular weight is 294 g/mol. The van der Waals surface area contributed by atoms with Crippen LogP contribution in [0.15, 0.2) is 0 Å². The zero-order valence-corrected chi connectivity index (χ0v) is 12.4. The van der Waals surface area contributed by atoms with Crippen LogP contribution in [0.3, 0.4) is 0 Å². The number of nitrogens with zero attached hydrogens (tertiary/aromatic N) is 1. The second kappa shape index (κ2) is 5.00. The van der Waals surface area contributed by atoms with Crippen molar-refractivity contribution in [3.05, 3.63) is 0 Å². The molecule has 2 aliphatic rings. The molecule has 1 saturated heterocycles. The van der Waals surface area contributed by atoms with Gasteiger partial charge >= 0.3 is 0 Å². The maximum atomic E-state index is 12.0. The van der Waals surface area contributed by atoms with Gasteiger partial charge in [0.1, 0.15) is 5.25 Å². The van der Waals surface area contributed by atoms with E-state index in [1.165, 1.54) is 6.42 Å². The predicted octanol–water partition coefficient (Wildman–Crippen LogP) is 1.98. The smallest absolute Gasteiger partial charge is 0.237 e. The lowest BCUT2D eigenvalue weighted by molar-refractivity contribution is -0.131. The molecule has 4 atom stereocenters. The van der Waals surface area contributed by atoms with Crippen LogP contribution < -0.4 is 0 Å². The van der Waals surface area contributed by atoms with Crippen LogP contribution in [-0.2, 0) is 13.8 Å². The van der Waals surface area contributed by atoms with Crippen molar-refractivity contribution in [1.29, 1.82) is 0 Å². The molecule has 1 amide bonds. The zero-order valence-electron chi connectivity index (χ0n) is 10.8. The molecular weight excluding hydrogens is 274 g/mol. The molecule has 0 radical (unpaired) electrons. The number of amides is 1. The molecule has 1 aliphatic carbocycles. The Labute approximate surface area is 113 Å². The fourth-order valence-electron chi connectivity index (χ4n) is 3.20. The summed E-state index contributed by atoms with van der Waals surface area (Å²) in [6, 6.07) is 0.185. The highest BCUT2D eigenvalue weighted by atomic mass is 35.7. The lowest BCUT2D eigenvalue weighted by Gasteiger charge is -2.39. The molecule has 0 N–H and O–H groups in total. The summed E-state index contributed by atoms with van der Waals surface area (Å²) < 4.78 is 22.7. The Morgan fingerprint density at radius 1 is 1.28 bits per heavy atom. The third kappa shape index (κ3) is 2.67. The summed E-state index contributed by atoms with van der Waals surface area (Å²) in [5.74, 6) is 0.956. The molecule has 104 valence electrons. The average Bonchev–Trinajstić information content (AvgIpc) is 2.64. The third-order valence-corrected chi connectivity index (χ3v) is 6.45. The molecule has 0 spiro atoms. The van der Waals surface area contributed by atoms with E-state index in [0.717, 1.165) is 12.8 Å². The summed E-state index contributed by atoms with van der Waals surface area (Å²) in [5, 5.41) is -0.726. The molecule has 0 aromatic heterocycles. The molecule has 0 bridgehead atoms. The molecule has 4 unspecified atom stereocenters. The Kier molecular flexibility index (Phi) is 3.93. The SMILES string of the molecule is CC1CCCC(N2CC(S(=O)(=O)Cl)CC2=O)C1C. The molecule has 0 aromatic rings. The Hall–Kier alpha value is -0.290. The number of halogens is 1. The van der Waals surface area contributed by atoms with Crippen LogP contribution in [0.4, 0.5) is 0 Å². The van der Waals surface area contributed by atoms with Gasteiger partial charge in [-0.2, -0.15) is 0 Å². The number of rotatable bonds is 2. The van der Waals surface area contributed by atoms with Gasteiger partial charge in [0.05, 0.1) is 0 Å². The summed E-state index contributed by atoms with van der Waals surface area (Å²) in [6.07, 6.45) is 3.32. The summed E-state index contributed by atoms with van der Waals surface area (Å²) in [7, 11) is 1.74. The fourth-order valence-corrected chi connectivity index (χ4v) is 4.24. The van der Waals surface area contributed by atoms with E-state index in [-0.39, 0.29) is 24.9 Å². The van der Waals surface area contributed by atoms with Crippen molar-refractivity contribution in [2.45, 2.75) is 50.8 Å². The van der Waals surface area contributed by atoms with Gasteiger partial charge in [0, 0.05) is 29.7 Å². The minimum Gasteiger partial charge on any atom is -0.338 e. The number of likely N-dealkylation sites (tertiary alicyclic amines) is 1. The molecule has 2 fully saturated rings. The van der Waals surface area contributed by atoms with E-state index in [4.69, 9.17) is 10.7 Å². The highest BCUT2D eigenvalue weighted by Crippen LogP contribution is 2.35. The number of hydrogen-bond donors (Lipinski definition) is 0. The van der Waals surface area contributed by atoms with Crippen LogP contribution in [0.25, 0.3) is 0 Å². The maximum Gasteiger partial charge on any atom is 0.237 e. The van der Waals surface area contributed by atoms with Gasteiger partial charge in [0.25, 0.3) is 0 Å². The normalized spacial score (nSPS) is 38.2. The van der Waals surface area contributed by atoms with Crippen LogP contribution in [-0.4, -0.2) is 37.1 Å². The predicted molar refractivity (Wildman–Crippen MR) is 70.9 cm³/mol. The fraction of sp³-hybridized carbons (Fsp3) is 0.917. The standard InChI is InChI=1S/C12H20ClNO3S/c1-8-4-3-5-11(9(8)2)14-7-10(6-12(14)15)18(13,16)17/h8-11H,3-7H2,1-2H3. The number of hydrogen-bond acceptors (Lipinski definition) is 3. The van der Waals surface area contributed by atoms with Crippen molar-refractivity contribution in [3.8, 4) is 0 Å². The van der Waals surface area contributed by atoms with E-state index in [1.54, 1.807) is 4.90 Å². The van der Waals surface area contributed by atoms with Crippen LogP contribution in [0, 0.1) is 11.8 Å². The highest BCUT2D eigenvalue weighted by Gasteiger charge is 2.43. The summed E-state index contributed by atoms with van der Waals surface area (Å²) in [4.78, 5) is 13.7. The third-order valence-electron chi connectivity index (χ3n) is 4.59. The van der Waals surface area contributed by atoms with Crippen LogP contribution in [0.2, 0.25) is 0 Å². The molecule has 0 aromatic carbocycles. The van der Waals surface area contributed by atoms with E-state index in [2.05, 4.69) is 13.8 Å². The van der Waals surface area contributed by atoms with Crippen molar-refractivity contribution in [1.82, 2.24) is 4.90 Å². The Morgan fingerprint density at radius 2 is 1.94 bits per heavy atom. The minimum absolute atomic E-state index is 0.0451.